The van der Waals surface area contributed by atoms with Crippen molar-refractivity contribution in [1.29, 1.82) is 0 Å². The molecular formula is C10H17F3O2. The fourth-order valence-electron chi connectivity index (χ4n) is 1.37. The summed E-state index contributed by atoms with van der Waals surface area (Å²) >= 11 is 0. The van der Waals surface area contributed by atoms with Crippen molar-refractivity contribution < 1.29 is 23.1 Å². The van der Waals surface area contributed by atoms with Crippen molar-refractivity contribution in [3.8, 4) is 0 Å². The Bertz CT molecular complexity index is 219. The second kappa shape index (κ2) is 4.86. The summed E-state index contributed by atoms with van der Waals surface area (Å²) in [6.07, 6.45) is -3.91. The second-order valence-corrected chi connectivity index (χ2v) is 4.15. The SMILES string of the molecule is CCC(C)(CC)CC(C(=O)O)C(F)(F)F. The lowest BCUT2D eigenvalue weighted by atomic mass is 9.76. The molecule has 1 N–H and O–H groups in total. The molecule has 0 aliphatic carbocycles. The zero-order valence-corrected chi connectivity index (χ0v) is 9.19. The van der Waals surface area contributed by atoms with E-state index >= 15 is 0 Å². The molecule has 0 bridgehead atoms. The van der Waals surface area contributed by atoms with E-state index in [2.05, 4.69) is 0 Å². The van der Waals surface area contributed by atoms with Gasteiger partial charge in [-0.25, -0.2) is 0 Å². The average Bonchev–Trinajstić information content (AvgIpc) is 2.11. The Labute approximate surface area is 87.5 Å². The van der Waals surface area contributed by atoms with Crippen molar-refractivity contribution in [2.75, 3.05) is 0 Å². The second-order valence-electron chi connectivity index (χ2n) is 4.15. The van der Waals surface area contributed by atoms with E-state index in [4.69, 9.17) is 5.11 Å². The van der Waals surface area contributed by atoms with Crippen molar-refractivity contribution in [2.45, 2.75) is 46.2 Å². The molecule has 0 aromatic heterocycles. The molecule has 15 heavy (non-hydrogen) atoms. The largest absolute Gasteiger partial charge is 0.481 e. The van der Waals surface area contributed by atoms with Crippen molar-refractivity contribution in [2.24, 2.45) is 11.3 Å². The van der Waals surface area contributed by atoms with E-state index in [1.165, 1.54) is 0 Å². The van der Waals surface area contributed by atoms with Crippen LogP contribution in [0.2, 0.25) is 0 Å². The average molecular weight is 226 g/mol. The molecule has 0 radical (unpaired) electrons. The summed E-state index contributed by atoms with van der Waals surface area (Å²) in [5.74, 6) is -4.03. The van der Waals surface area contributed by atoms with Crippen LogP contribution >= 0.6 is 0 Å². The molecule has 0 fully saturated rings. The molecule has 2 nitrogen and oxygen atoms in total. The Morgan fingerprint density at radius 3 is 1.87 bits per heavy atom. The van der Waals surface area contributed by atoms with Crippen LogP contribution in [0.25, 0.3) is 0 Å². The van der Waals surface area contributed by atoms with Gasteiger partial charge in [0.25, 0.3) is 0 Å². The number of hydrogen-bond donors (Lipinski definition) is 1. The molecule has 0 rings (SSSR count). The minimum Gasteiger partial charge on any atom is -0.481 e. The van der Waals surface area contributed by atoms with E-state index in [1.54, 1.807) is 20.8 Å². The number of hydrogen-bond acceptors (Lipinski definition) is 1. The van der Waals surface area contributed by atoms with E-state index in [0.717, 1.165) is 0 Å². The molecule has 0 aliphatic rings. The summed E-state index contributed by atoms with van der Waals surface area (Å²) in [6, 6.07) is 0. The zero-order valence-electron chi connectivity index (χ0n) is 9.19. The van der Waals surface area contributed by atoms with Gasteiger partial charge in [-0.2, -0.15) is 13.2 Å². The molecule has 0 saturated heterocycles. The Balaban J connectivity index is 4.77. The Hall–Kier alpha value is -0.740. The molecule has 0 amide bonds. The first-order valence-corrected chi connectivity index (χ1v) is 4.96. The van der Waals surface area contributed by atoms with Crippen molar-refractivity contribution in [3.05, 3.63) is 0 Å². The van der Waals surface area contributed by atoms with Crippen molar-refractivity contribution in [1.82, 2.24) is 0 Å². The molecule has 1 atom stereocenters. The fraction of sp³-hybridized carbons (Fsp3) is 0.900. The van der Waals surface area contributed by atoms with Gasteiger partial charge in [0.15, 0.2) is 5.92 Å². The smallest absolute Gasteiger partial charge is 0.402 e. The van der Waals surface area contributed by atoms with Gasteiger partial charge in [-0.15, -0.1) is 0 Å². The van der Waals surface area contributed by atoms with E-state index in [0.29, 0.717) is 12.8 Å². The highest BCUT2D eigenvalue weighted by Crippen LogP contribution is 2.39. The fourth-order valence-corrected chi connectivity index (χ4v) is 1.37. The van der Waals surface area contributed by atoms with Crippen LogP contribution in [0.4, 0.5) is 13.2 Å². The van der Waals surface area contributed by atoms with Crippen LogP contribution in [-0.2, 0) is 4.79 Å². The minimum atomic E-state index is -4.66. The lowest BCUT2D eigenvalue weighted by Crippen LogP contribution is -2.35. The summed E-state index contributed by atoms with van der Waals surface area (Å²) in [4.78, 5) is 10.5. The van der Waals surface area contributed by atoms with Crippen molar-refractivity contribution >= 4 is 5.97 Å². The predicted molar refractivity (Wildman–Crippen MR) is 50.5 cm³/mol. The highest BCUT2D eigenvalue weighted by molar-refractivity contribution is 5.71. The van der Waals surface area contributed by atoms with Crippen LogP contribution in [0, 0.1) is 11.3 Å². The number of rotatable bonds is 5. The standard InChI is InChI=1S/C10H17F3O2/c1-4-9(3,5-2)6-7(8(14)15)10(11,12)13/h7H,4-6H2,1-3H3,(H,14,15). The highest BCUT2D eigenvalue weighted by atomic mass is 19.4. The van der Waals surface area contributed by atoms with Gasteiger partial charge in [0.2, 0.25) is 0 Å². The van der Waals surface area contributed by atoms with E-state index in [9.17, 15) is 18.0 Å². The first-order chi connectivity index (χ1) is 6.66. The van der Waals surface area contributed by atoms with Crippen LogP contribution in [0.3, 0.4) is 0 Å². The first kappa shape index (κ1) is 14.3. The topological polar surface area (TPSA) is 37.3 Å². The first-order valence-electron chi connectivity index (χ1n) is 4.96. The molecule has 0 aromatic carbocycles. The molecule has 5 heteroatoms. The normalized spacial score (nSPS) is 15.1. The molecule has 0 heterocycles. The predicted octanol–water partition coefficient (Wildman–Crippen LogP) is 3.47. The monoisotopic (exact) mass is 226 g/mol. The Morgan fingerprint density at radius 2 is 1.67 bits per heavy atom. The third-order valence-corrected chi connectivity index (χ3v) is 3.10. The lowest BCUT2D eigenvalue weighted by molar-refractivity contribution is -0.199. The van der Waals surface area contributed by atoms with E-state index < -0.39 is 23.5 Å². The van der Waals surface area contributed by atoms with Gasteiger partial charge in [0, 0.05) is 0 Å². The third-order valence-electron chi connectivity index (χ3n) is 3.10. The number of carbonyl (C=O) groups is 1. The molecule has 0 aromatic rings. The molecule has 0 aliphatic heterocycles. The maximum atomic E-state index is 12.4. The van der Waals surface area contributed by atoms with Crippen LogP contribution in [0.1, 0.15) is 40.0 Å². The summed E-state index contributed by atoms with van der Waals surface area (Å²) < 4.78 is 37.2. The quantitative estimate of drug-likeness (QED) is 0.779. The molecular weight excluding hydrogens is 209 g/mol. The highest BCUT2D eigenvalue weighted by Gasteiger charge is 2.47. The summed E-state index contributed by atoms with van der Waals surface area (Å²) in [5, 5.41) is 8.54. The van der Waals surface area contributed by atoms with Crippen LogP contribution in [-0.4, -0.2) is 17.3 Å². The number of carboxylic acids is 1. The van der Waals surface area contributed by atoms with Gasteiger partial charge >= 0.3 is 12.1 Å². The number of carboxylic acid groups (broad SMARTS) is 1. The maximum absolute atomic E-state index is 12.4. The number of halogens is 3. The lowest BCUT2D eigenvalue weighted by Gasteiger charge is -2.30. The molecule has 0 saturated carbocycles. The number of alkyl halides is 3. The van der Waals surface area contributed by atoms with Gasteiger partial charge in [-0.3, -0.25) is 4.79 Å². The van der Waals surface area contributed by atoms with Gasteiger partial charge in [0.1, 0.15) is 0 Å². The third kappa shape index (κ3) is 4.10. The Morgan fingerprint density at radius 1 is 1.27 bits per heavy atom. The molecule has 90 valence electrons. The number of aliphatic carboxylic acids is 1. The van der Waals surface area contributed by atoms with E-state index in [-0.39, 0.29) is 6.42 Å². The summed E-state index contributed by atoms with van der Waals surface area (Å²) in [5.41, 5.74) is -0.557. The van der Waals surface area contributed by atoms with Gasteiger partial charge in [-0.1, -0.05) is 33.6 Å². The van der Waals surface area contributed by atoms with E-state index in [1.807, 2.05) is 0 Å². The van der Waals surface area contributed by atoms with Crippen LogP contribution in [0.5, 0.6) is 0 Å². The zero-order chi connectivity index (χ0) is 12.3. The summed E-state index contributed by atoms with van der Waals surface area (Å²) in [7, 11) is 0. The maximum Gasteiger partial charge on any atom is 0.402 e. The van der Waals surface area contributed by atoms with Gasteiger partial charge in [-0.05, 0) is 11.8 Å². The van der Waals surface area contributed by atoms with Crippen molar-refractivity contribution in [3.63, 3.8) is 0 Å². The molecule has 1 unspecified atom stereocenters. The van der Waals surface area contributed by atoms with Crippen LogP contribution in [0.15, 0.2) is 0 Å². The Kier molecular flexibility index (Phi) is 4.62. The van der Waals surface area contributed by atoms with Crippen LogP contribution < -0.4 is 0 Å². The van der Waals surface area contributed by atoms with Gasteiger partial charge in [0.05, 0.1) is 0 Å². The van der Waals surface area contributed by atoms with Gasteiger partial charge < -0.3 is 5.11 Å². The molecule has 0 spiro atoms. The summed E-state index contributed by atoms with van der Waals surface area (Å²) in [6.45, 7) is 5.24. The minimum absolute atomic E-state index is 0.348.